The fourth-order valence-corrected chi connectivity index (χ4v) is 4.17. The lowest BCUT2D eigenvalue weighted by molar-refractivity contribution is -0.148. The van der Waals surface area contributed by atoms with E-state index in [2.05, 4.69) is 16.8 Å². The van der Waals surface area contributed by atoms with E-state index < -0.39 is 5.60 Å². The Morgan fingerprint density at radius 1 is 1.08 bits per heavy atom. The van der Waals surface area contributed by atoms with Gasteiger partial charge in [0.2, 0.25) is 0 Å². The average Bonchev–Trinajstić information content (AvgIpc) is 2.64. The van der Waals surface area contributed by atoms with Gasteiger partial charge >= 0.3 is 0 Å². The summed E-state index contributed by atoms with van der Waals surface area (Å²) in [7, 11) is 2.11. The Hall–Kier alpha value is -1.23. The summed E-state index contributed by atoms with van der Waals surface area (Å²) >= 11 is 0. The predicted molar refractivity (Wildman–Crippen MR) is 95.9 cm³/mol. The van der Waals surface area contributed by atoms with Crippen molar-refractivity contribution < 1.29 is 9.90 Å². The van der Waals surface area contributed by atoms with E-state index in [4.69, 9.17) is 0 Å². The SMILES string of the molecule is CN1CCN(CC(=O)C(O)(c2ccccc2)C2CCCCC2)CC1. The van der Waals surface area contributed by atoms with E-state index in [-0.39, 0.29) is 11.7 Å². The molecule has 0 radical (unpaired) electrons. The maximum Gasteiger partial charge on any atom is 0.183 e. The molecule has 1 aliphatic heterocycles. The van der Waals surface area contributed by atoms with E-state index in [0.717, 1.165) is 57.4 Å². The number of hydrogen-bond donors (Lipinski definition) is 1. The molecular formula is C20H30N2O2. The highest BCUT2D eigenvalue weighted by molar-refractivity contribution is 5.90. The van der Waals surface area contributed by atoms with E-state index in [0.29, 0.717) is 6.54 Å². The largest absolute Gasteiger partial charge is 0.377 e. The van der Waals surface area contributed by atoms with Gasteiger partial charge in [-0.25, -0.2) is 0 Å². The zero-order valence-corrected chi connectivity index (χ0v) is 14.8. The second kappa shape index (κ2) is 7.77. The summed E-state index contributed by atoms with van der Waals surface area (Å²) in [6.45, 7) is 4.13. The Morgan fingerprint density at radius 2 is 1.71 bits per heavy atom. The second-order valence-corrected chi connectivity index (χ2v) is 7.47. The molecule has 1 heterocycles. The molecule has 1 aliphatic carbocycles. The number of hydrogen-bond acceptors (Lipinski definition) is 4. The van der Waals surface area contributed by atoms with Crippen molar-refractivity contribution in [1.29, 1.82) is 0 Å². The average molecular weight is 330 g/mol. The van der Waals surface area contributed by atoms with Gasteiger partial charge in [0.05, 0.1) is 6.54 Å². The number of aliphatic hydroxyl groups is 1. The number of rotatable bonds is 5. The van der Waals surface area contributed by atoms with Crippen molar-refractivity contribution >= 4 is 5.78 Å². The van der Waals surface area contributed by atoms with Crippen LogP contribution in [-0.2, 0) is 10.4 Å². The van der Waals surface area contributed by atoms with Crippen molar-refractivity contribution in [2.45, 2.75) is 37.7 Å². The molecule has 3 rings (SSSR count). The standard InChI is InChI=1S/C20H30N2O2/c1-21-12-14-22(15-13-21)16-19(23)20(24,17-8-4-2-5-9-17)18-10-6-3-7-11-18/h2,4-5,8-9,18,24H,3,6-7,10-16H2,1H3. The van der Waals surface area contributed by atoms with Gasteiger partial charge < -0.3 is 10.0 Å². The number of carbonyl (C=O) groups is 1. The van der Waals surface area contributed by atoms with Gasteiger partial charge in [0.1, 0.15) is 0 Å². The van der Waals surface area contributed by atoms with Crippen LogP contribution >= 0.6 is 0 Å². The van der Waals surface area contributed by atoms with Gasteiger partial charge in [-0.15, -0.1) is 0 Å². The normalized spacial score (nSPS) is 23.8. The van der Waals surface area contributed by atoms with Crippen LogP contribution in [0.15, 0.2) is 30.3 Å². The van der Waals surface area contributed by atoms with Crippen LogP contribution in [0, 0.1) is 5.92 Å². The molecule has 0 amide bonds. The minimum atomic E-state index is -1.33. The summed E-state index contributed by atoms with van der Waals surface area (Å²) < 4.78 is 0. The van der Waals surface area contributed by atoms with Crippen LogP contribution in [-0.4, -0.2) is 60.5 Å². The number of carbonyl (C=O) groups excluding carboxylic acids is 1. The fraction of sp³-hybridized carbons (Fsp3) is 0.650. The van der Waals surface area contributed by atoms with Crippen LogP contribution in [0.1, 0.15) is 37.7 Å². The van der Waals surface area contributed by atoms with Gasteiger partial charge in [-0.3, -0.25) is 9.69 Å². The van der Waals surface area contributed by atoms with Crippen LogP contribution in [0.5, 0.6) is 0 Å². The Bertz CT molecular complexity index is 534. The Labute approximate surface area is 145 Å². The van der Waals surface area contributed by atoms with E-state index in [1.807, 2.05) is 30.3 Å². The highest BCUT2D eigenvalue weighted by Gasteiger charge is 2.45. The maximum absolute atomic E-state index is 13.2. The Kier molecular flexibility index (Phi) is 5.69. The third-order valence-corrected chi connectivity index (χ3v) is 5.80. The van der Waals surface area contributed by atoms with Crippen LogP contribution < -0.4 is 0 Å². The molecule has 1 unspecified atom stereocenters. The monoisotopic (exact) mass is 330 g/mol. The zero-order valence-electron chi connectivity index (χ0n) is 14.8. The van der Waals surface area contributed by atoms with Crippen LogP contribution in [0.25, 0.3) is 0 Å². The first-order valence-electron chi connectivity index (χ1n) is 9.33. The molecule has 4 nitrogen and oxygen atoms in total. The van der Waals surface area contributed by atoms with Gasteiger partial charge in [0.15, 0.2) is 11.4 Å². The molecule has 1 saturated heterocycles. The first kappa shape index (κ1) is 17.6. The molecule has 1 saturated carbocycles. The number of Topliss-reactive ketones (excluding diaryl/α,β-unsaturated/α-hetero) is 1. The molecule has 1 aromatic rings. The topological polar surface area (TPSA) is 43.8 Å². The van der Waals surface area contributed by atoms with Gasteiger partial charge in [-0.2, -0.15) is 0 Å². The summed E-state index contributed by atoms with van der Waals surface area (Å²) in [4.78, 5) is 17.7. The number of benzene rings is 1. The Balaban J connectivity index is 1.80. The predicted octanol–water partition coefficient (Wildman–Crippen LogP) is 2.27. The van der Waals surface area contributed by atoms with E-state index in [1.165, 1.54) is 6.42 Å². The van der Waals surface area contributed by atoms with E-state index >= 15 is 0 Å². The minimum Gasteiger partial charge on any atom is -0.377 e. The van der Waals surface area contributed by atoms with Crippen molar-refractivity contribution in [3.63, 3.8) is 0 Å². The second-order valence-electron chi connectivity index (χ2n) is 7.47. The van der Waals surface area contributed by atoms with Crippen molar-refractivity contribution in [3.05, 3.63) is 35.9 Å². The molecule has 0 aromatic heterocycles. The van der Waals surface area contributed by atoms with Gasteiger partial charge in [0.25, 0.3) is 0 Å². The lowest BCUT2D eigenvalue weighted by Gasteiger charge is -2.40. The van der Waals surface area contributed by atoms with E-state index in [9.17, 15) is 9.90 Å². The quantitative estimate of drug-likeness (QED) is 0.899. The zero-order chi connectivity index (χ0) is 17.0. The highest BCUT2D eigenvalue weighted by atomic mass is 16.3. The molecule has 2 aliphatic rings. The third-order valence-electron chi connectivity index (χ3n) is 5.80. The molecule has 0 bridgehead atoms. The smallest absolute Gasteiger partial charge is 0.183 e. The van der Waals surface area contributed by atoms with Gasteiger partial charge in [-0.05, 0) is 31.4 Å². The maximum atomic E-state index is 13.2. The van der Waals surface area contributed by atoms with Crippen LogP contribution in [0.3, 0.4) is 0 Å². The number of ketones is 1. The van der Waals surface area contributed by atoms with Crippen LogP contribution in [0.4, 0.5) is 0 Å². The van der Waals surface area contributed by atoms with Crippen molar-refractivity contribution in [2.75, 3.05) is 39.8 Å². The fourth-order valence-electron chi connectivity index (χ4n) is 4.17. The minimum absolute atomic E-state index is 0.0230. The Morgan fingerprint density at radius 3 is 2.33 bits per heavy atom. The first-order chi connectivity index (χ1) is 11.6. The molecule has 132 valence electrons. The molecular weight excluding hydrogens is 300 g/mol. The number of likely N-dealkylation sites (N-methyl/N-ethyl adjacent to an activating group) is 1. The summed E-state index contributed by atoms with van der Waals surface area (Å²) in [5.74, 6) is 0.0266. The van der Waals surface area contributed by atoms with Gasteiger partial charge in [0, 0.05) is 26.2 Å². The van der Waals surface area contributed by atoms with Crippen LogP contribution in [0.2, 0.25) is 0 Å². The molecule has 0 spiro atoms. The summed E-state index contributed by atoms with van der Waals surface area (Å²) in [6, 6.07) is 9.61. The molecule has 24 heavy (non-hydrogen) atoms. The summed E-state index contributed by atoms with van der Waals surface area (Å²) in [5, 5.41) is 11.6. The summed E-state index contributed by atoms with van der Waals surface area (Å²) in [5.41, 5.74) is -0.554. The third kappa shape index (κ3) is 3.71. The van der Waals surface area contributed by atoms with Crippen molar-refractivity contribution in [1.82, 2.24) is 9.80 Å². The molecule has 4 heteroatoms. The highest BCUT2D eigenvalue weighted by Crippen LogP contribution is 2.40. The van der Waals surface area contributed by atoms with Gasteiger partial charge in [-0.1, -0.05) is 49.6 Å². The molecule has 1 N–H and O–H groups in total. The molecule has 1 aromatic carbocycles. The lowest BCUT2D eigenvalue weighted by Crippen LogP contribution is -2.52. The summed E-state index contributed by atoms with van der Waals surface area (Å²) in [6.07, 6.45) is 5.33. The van der Waals surface area contributed by atoms with E-state index in [1.54, 1.807) is 0 Å². The number of piperazine rings is 1. The van der Waals surface area contributed by atoms with Crippen molar-refractivity contribution in [2.24, 2.45) is 5.92 Å². The molecule has 2 fully saturated rings. The first-order valence-corrected chi connectivity index (χ1v) is 9.33. The number of nitrogens with zero attached hydrogens (tertiary/aromatic N) is 2. The van der Waals surface area contributed by atoms with Crippen molar-refractivity contribution in [3.8, 4) is 0 Å². The lowest BCUT2D eigenvalue weighted by atomic mass is 9.71. The molecule has 1 atom stereocenters.